The molecule has 0 saturated heterocycles. The van der Waals surface area contributed by atoms with Crippen LogP contribution in [0.4, 0.5) is 4.79 Å². The first-order chi connectivity index (χ1) is 20.2. The molecule has 0 spiro atoms. The molecule has 0 aliphatic carbocycles. The number of carbonyl (C=O) groups is 1. The van der Waals surface area contributed by atoms with E-state index in [1.54, 1.807) is 0 Å². The molecule has 4 aromatic carbocycles. The highest BCUT2D eigenvalue weighted by atomic mass is 16.6. The molecule has 41 heavy (non-hydrogen) atoms. The molecule has 0 heterocycles. The average Bonchev–Trinajstić information content (AvgIpc) is 3.03. The highest BCUT2D eigenvalue weighted by Crippen LogP contribution is 2.16. The van der Waals surface area contributed by atoms with Crippen molar-refractivity contribution < 1.29 is 28.8 Å². The third-order valence-corrected chi connectivity index (χ3v) is 6.40. The molecule has 0 aromatic heterocycles. The molecule has 0 fully saturated rings. The van der Waals surface area contributed by atoms with E-state index >= 15 is 0 Å². The summed E-state index contributed by atoms with van der Waals surface area (Å²) in [6.45, 7) is 1.11. The normalized spacial score (nSPS) is 13.2. The molecule has 0 unspecified atom stereocenters. The molecule has 4 rings (SSSR count). The maximum atomic E-state index is 12.6. The van der Waals surface area contributed by atoms with E-state index < -0.39 is 24.4 Å². The summed E-state index contributed by atoms with van der Waals surface area (Å²) < 4.78 is 23.8. The zero-order valence-corrected chi connectivity index (χ0v) is 23.0. The van der Waals surface area contributed by atoms with Gasteiger partial charge in [-0.05, 0) is 22.3 Å². The first-order valence-corrected chi connectivity index (χ1v) is 13.7. The van der Waals surface area contributed by atoms with Crippen molar-refractivity contribution in [2.24, 2.45) is 0 Å². The Labute approximate surface area is 241 Å². The number of rotatable bonds is 16. The number of carbonyl (C=O) groups excluding carboxylic acids is 1. The number of nitrogens with one attached hydrogen (secondary N) is 1. The van der Waals surface area contributed by atoms with E-state index in [2.05, 4.69) is 5.32 Å². The van der Waals surface area contributed by atoms with Gasteiger partial charge in [0.2, 0.25) is 0 Å². The van der Waals surface area contributed by atoms with Crippen LogP contribution in [0.2, 0.25) is 0 Å². The number of alkyl carbamates (subject to hydrolysis) is 1. The summed E-state index contributed by atoms with van der Waals surface area (Å²) in [4.78, 5) is 12.6. The lowest BCUT2D eigenvalue weighted by Gasteiger charge is -2.31. The van der Waals surface area contributed by atoms with Crippen LogP contribution in [0.25, 0.3) is 0 Å². The van der Waals surface area contributed by atoms with E-state index in [4.69, 9.17) is 18.9 Å². The molecule has 214 valence electrons. The second-order valence-corrected chi connectivity index (χ2v) is 9.61. The minimum atomic E-state index is -1.02. The maximum absolute atomic E-state index is 12.6. The van der Waals surface area contributed by atoms with Crippen molar-refractivity contribution in [3.63, 3.8) is 0 Å². The van der Waals surface area contributed by atoms with Crippen LogP contribution < -0.4 is 5.32 Å². The number of amides is 1. The van der Waals surface area contributed by atoms with Gasteiger partial charge in [-0.25, -0.2) is 4.79 Å². The van der Waals surface area contributed by atoms with Crippen molar-refractivity contribution in [2.75, 3.05) is 13.2 Å². The summed E-state index contributed by atoms with van der Waals surface area (Å²) in [6, 6.07) is 38.6. The largest absolute Gasteiger partial charge is 0.445 e. The Kier molecular flexibility index (Phi) is 12.4. The Balaban J connectivity index is 1.43. The lowest BCUT2D eigenvalue weighted by Crippen LogP contribution is -2.49. The van der Waals surface area contributed by atoms with E-state index in [1.165, 1.54) is 0 Å². The van der Waals surface area contributed by atoms with Gasteiger partial charge in [0, 0.05) is 6.54 Å². The van der Waals surface area contributed by atoms with Crippen LogP contribution in [0.5, 0.6) is 0 Å². The van der Waals surface area contributed by atoms with Crippen molar-refractivity contribution in [3.8, 4) is 0 Å². The Morgan fingerprint density at radius 1 is 0.610 bits per heavy atom. The highest BCUT2D eigenvalue weighted by Gasteiger charge is 2.31. The van der Waals surface area contributed by atoms with Gasteiger partial charge in [0.05, 0.1) is 26.4 Å². The summed E-state index contributed by atoms with van der Waals surface area (Å²) in [7, 11) is 0. The van der Waals surface area contributed by atoms with Gasteiger partial charge in [0.15, 0.2) is 0 Å². The van der Waals surface area contributed by atoms with Crippen LogP contribution in [-0.2, 0) is 45.4 Å². The topological polar surface area (TPSA) is 86.3 Å². The molecule has 4 aromatic rings. The van der Waals surface area contributed by atoms with Crippen molar-refractivity contribution in [2.45, 2.75) is 44.7 Å². The summed E-state index contributed by atoms with van der Waals surface area (Å²) >= 11 is 0. The summed E-state index contributed by atoms with van der Waals surface area (Å²) in [5, 5.41) is 14.1. The van der Waals surface area contributed by atoms with Gasteiger partial charge in [0.25, 0.3) is 0 Å². The highest BCUT2D eigenvalue weighted by molar-refractivity contribution is 5.67. The third kappa shape index (κ3) is 10.8. The molecule has 7 nitrogen and oxygen atoms in total. The number of hydrogen-bond acceptors (Lipinski definition) is 6. The van der Waals surface area contributed by atoms with Gasteiger partial charge in [0.1, 0.15) is 24.9 Å². The Bertz CT molecular complexity index is 1260. The standard InChI is InChI=1S/C34H37NO6/c36-31(26-38-22-27-13-5-1-6-14-27)33(40-24-29-17-9-3-10-18-29)32(39-23-28-15-7-2-8-16-28)21-35-34(37)41-25-30-19-11-4-12-20-30/h1-20,31-33,36H,21-26H2,(H,35,37)/t31-,32-,33-/m1/s1. The van der Waals surface area contributed by atoms with Crippen LogP contribution in [0.3, 0.4) is 0 Å². The van der Waals surface area contributed by atoms with Gasteiger partial charge in [-0.2, -0.15) is 0 Å². The Hall–Kier alpha value is -4.01. The number of aliphatic hydroxyl groups excluding tert-OH is 1. The fraction of sp³-hybridized carbons (Fsp3) is 0.265. The van der Waals surface area contributed by atoms with E-state index in [0.717, 1.165) is 22.3 Å². The smallest absolute Gasteiger partial charge is 0.407 e. The van der Waals surface area contributed by atoms with E-state index in [0.29, 0.717) is 6.61 Å². The maximum Gasteiger partial charge on any atom is 0.407 e. The van der Waals surface area contributed by atoms with E-state index in [9.17, 15) is 9.90 Å². The van der Waals surface area contributed by atoms with E-state index in [-0.39, 0.29) is 33.0 Å². The monoisotopic (exact) mass is 555 g/mol. The van der Waals surface area contributed by atoms with Crippen LogP contribution in [0, 0.1) is 0 Å². The molecular formula is C34H37NO6. The van der Waals surface area contributed by atoms with Gasteiger partial charge in [-0.15, -0.1) is 0 Å². The lowest BCUT2D eigenvalue weighted by atomic mass is 10.1. The van der Waals surface area contributed by atoms with Gasteiger partial charge in [-0.3, -0.25) is 0 Å². The molecule has 0 bridgehead atoms. The fourth-order valence-corrected chi connectivity index (χ4v) is 4.20. The summed E-state index contributed by atoms with van der Waals surface area (Å²) in [5.41, 5.74) is 3.79. The van der Waals surface area contributed by atoms with Crippen LogP contribution in [0.15, 0.2) is 121 Å². The lowest BCUT2D eigenvalue weighted by molar-refractivity contribution is -0.145. The van der Waals surface area contributed by atoms with Gasteiger partial charge in [-0.1, -0.05) is 121 Å². The Morgan fingerprint density at radius 2 is 1.05 bits per heavy atom. The molecule has 0 aliphatic rings. The molecular weight excluding hydrogens is 518 g/mol. The third-order valence-electron chi connectivity index (χ3n) is 6.40. The predicted octanol–water partition coefficient (Wildman–Crippen LogP) is 5.66. The van der Waals surface area contributed by atoms with Crippen molar-refractivity contribution in [1.29, 1.82) is 0 Å². The molecule has 2 N–H and O–H groups in total. The molecule has 1 amide bonds. The summed E-state index contributed by atoms with van der Waals surface area (Å²) in [5.74, 6) is 0. The number of ether oxygens (including phenoxy) is 4. The number of aliphatic hydroxyl groups is 1. The van der Waals surface area contributed by atoms with Crippen molar-refractivity contribution in [1.82, 2.24) is 5.32 Å². The zero-order valence-electron chi connectivity index (χ0n) is 23.0. The second kappa shape index (κ2) is 16.9. The van der Waals surface area contributed by atoms with Gasteiger partial charge >= 0.3 is 6.09 Å². The van der Waals surface area contributed by atoms with Crippen molar-refractivity contribution in [3.05, 3.63) is 144 Å². The minimum Gasteiger partial charge on any atom is -0.445 e. The predicted molar refractivity (Wildman–Crippen MR) is 157 cm³/mol. The number of hydrogen-bond donors (Lipinski definition) is 2. The fourth-order valence-electron chi connectivity index (χ4n) is 4.20. The molecule has 0 aliphatic heterocycles. The first-order valence-electron chi connectivity index (χ1n) is 13.7. The van der Waals surface area contributed by atoms with Gasteiger partial charge < -0.3 is 29.4 Å². The van der Waals surface area contributed by atoms with Crippen LogP contribution in [-0.4, -0.2) is 42.7 Å². The van der Waals surface area contributed by atoms with Crippen LogP contribution in [0.1, 0.15) is 22.3 Å². The average molecular weight is 556 g/mol. The quantitative estimate of drug-likeness (QED) is 0.186. The summed E-state index contributed by atoms with van der Waals surface area (Å²) in [6.07, 6.45) is -3.10. The molecule has 3 atom stereocenters. The molecule has 0 radical (unpaired) electrons. The molecule has 7 heteroatoms. The first kappa shape index (κ1) is 30.0. The second-order valence-electron chi connectivity index (χ2n) is 9.61. The van der Waals surface area contributed by atoms with E-state index in [1.807, 2.05) is 121 Å². The van der Waals surface area contributed by atoms with Crippen molar-refractivity contribution >= 4 is 6.09 Å². The molecule has 0 saturated carbocycles. The Morgan fingerprint density at radius 3 is 1.56 bits per heavy atom. The van der Waals surface area contributed by atoms with Crippen LogP contribution >= 0.6 is 0 Å². The SMILES string of the molecule is O=C(NC[C@@H](OCc1ccccc1)[C@H](OCc1ccccc1)[C@H](O)COCc1ccccc1)OCc1ccccc1. The number of benzene rings is 4. The minimum absolute atomic E-state index is 0.0258. The zero-order chi connectivity index (χ0) is 28.5.